The van der Waals surface area contributed by atoms with Crippen molar-refractivity contribution in [2.75, 3.05) is 23.9 Å². The molecule has 1 amide bonds. The Morgan fingerprint density at radius 1 is 1.06 bits per heavy atom. The van der Waals surface area contributed by atoms with Crippen LogP contribution in [0.25, 0.3) is 0 Å². The second kappa shape index (κ2) is 12.2. The van der Waals surface area contributed by atoms with E-state index in [0.717, 1.165) is 0 Å². The molecule has 11 heteroatoms. The lowest BCUT2D eigenvalue weighted by atomic mass is 10.2. The molecule has 8 nitrogen and oxygen atoms in total. The van der Waals surface area contributed by atoms with Crippen LogP contribution < -0.4 is 14.8 Å². The van der Waals surface area contributed by atoms with Crippen LogP contribution in [0.1, 0.15) is 12.0 Å². The number of sulfonamides is 2. The molecule has 0 aliphatic rings. The Hall–Kier alpha value is -2.18. The van der Waals surface area contributed by atoms with E-state index in [-0.39, 0.29) is 17.2 Å². The first-order chi connectivity index (χ1) is 15.2. The molecule has 2 aromatic carbocycles. The molecule has 1 atom stereocenters. The van der Waals surface area contributed by atoms with Crippen molar-refractivity contribution in [2.45, 2.75) is 23.1 Å². The van der Waals surface area contributed by atoms with E-state index in [9.17, 15) is 21.6 Å². The highest BCUT2D eigenvalue weighted by atomic mass is 32.2. The van der Waals surface area contributed by atoms with E-state index in [1.165, 1.54) is 30.0 Å². The van der Waals surface area contributed by atoms with Gasteiger partial charge in [-0.25, -0.2) is 21.6 Å². The predicted octanol–water partition coefficient (Wildman–Crippen LogP) is 2.33. The van der Waals surface area contributed by atoms with Crippen molar-refractivity contribution in [2.24, 2.45) is 0 Å². The van der Waals surface area contributed by atoms with Gasteiger partial charge in [0.15, 0.2) is 0 Å². The minimum Gasteiger partial charge on any atom is -0.325 e. The molecule has 0 spiro atoms. The Bertz CT molecular complexity index is 1100. The molecule has 2 aromatic rings. The summed E-state index contributed by atoms with van der Waals surface area (Å²) in [4.78, 5) is 12.9. The third-order valence-corrected chi connectivity index (χ3v) is 7.76. The SMILES string of the molecule is C=CCNS(=O)(=O)Cc1ccc(NC(=O)C(CCSC)NS(=O)(=O)c2ccccc2)cc1. The first-order valence-corrected chi connectivity index (χ1v) is 14.2. The summed E-state index contributed by atoms with van der Waals surface area (Å²) in [5.41, 5.74) is 0.978. The first kappa shape index (κ1) is 26.1. The monoisotopic (exact) mass is 497 g/mol. The summed E-state index contributed by atoms with van der Waals surface area (Å²) >= 11 is 1.50. The molecule has 2 rings (SSSR count). The lowest BCUT2D eigenvalue weighted by molar-refractivity contribution is -0.117. The maximum absolute atomic E-state index is 12.8. The Labute approximate surface area is 194 Å². The molecule has 174 valence electrons. The van der Waals surface area contributed by atoms with Gasteiger partial charge in [0.2, 0.25) is 26.0 Å². The summed E-state index contributed by atoms with van der Waals surface area (Å²) in [7, 11) is -7.35. The minimum atomic E-state index is -3.86. The second-order valence-corrected chi connectivity index (χ2v) is 11.4. The zero-order chi connectivity index (χ0) is 23.6. The van der Waals surface area contributed by atoms with Gasteiger partial charge in [-0.1, -0.05) is 36.4 Å². The van der Waals surface area contributed by atoms with Crippen LogP contribution in [0.15, 0.2) is 72.1 Å². The van der Waals surface area contributed by atoms with Crippen molar-refractivity contribution in [3.05, 3.63) is 72.8 Å². The quantitative estimate of drug-likeness (QED) is 0.365. The molecule has 0 saturated carbocycles. The van der Waals surface area contributed by atoms with Gasteiger partial charge in [0.25, 0.3) is 0 Å². The average Bonchev–Trinajstić information content (AvgIpc) is 2.77. The molecule has 0 aliphatic carbocycles. The first-order valence-electron chi connectivity index (χ1n) is 9.71. The van der Waals surface area contributed by atoms with Gasteiger partial charge in [0.05, 0.1) is 10.6 Å². The third-order valence-electron chi connectivity index (χ3n) is 4.30. The van der Waals surface area contributed by atoms with Gasteiger partial charge in [0.1, 0.15) is 6.04 Å². The van der Waals surface area contributed by atoms with Crippen LogP contribution in [0, 0.1) is 0 Å². The number of hydrogen-bond acceptors (Lipinski definition) is 6. The van der Waals surface area contributed by atoms with Crippen molar-refractivity contribution in [1.29, 1.82) is 0 Å². The standard InChI is InChI=1S/C21H27N3O5S3/c1-3-14-22-31(26,27)16-17-9-11-18(12-10-17)23-21(25)20(13-15-30-2)24-32(28,29)19-7-5-4-6-8-19/h3-12,20,22,24H,1,13-16H2,2H3,(H,23,25). The number of rotatable bonds is 13. The Morgan fingerprint density at radius 3 is 2.31 bits per heavy atom. The van der Waals surface area contributed by atoms with E-state index >= 15 is 0 Å². The number of amides is 1. The Morgan fingerprint density at radius 2 is 1.72 bits per heavy atom. The van der Waals surface area contributed by atoms with Crippen molar-refractivity contribution < 1.29 is 21.6 Å². The molecule has 0 heterocycles. The van der Waals surface area contributed by atoms with Crippen LogP contribution in [-0.4, -0.2) is 47.3 Å². The van der Waals surface area contributed by atoms with E-state index in [0.29, 0.717) is 23.4 Å². The van der Waals surface area contributed by atoms with E-state index in [4.69, 9.17) is 0 Å². The van der Waals surface area contributed by atoms with Crippen LogP contribution in [0.5, 0.6) is 0 Å². The average molecular weight is 498 g/mol. The van der Waals surface area contributed by atoms with Gasteiger partial charge >= 0.3 is 0 Å². The second-order valence-electron chi connectivity index (χ2n) is 6.85. The molecule has 3 N–H and O–H groups in total. The van der Waals surface area contributed by atoms with Crippen molar-refractivity contribution in [3.63, 3.8) is 0 Å². The van der Waals surface area contributed by atoms with Crippen LogP contribution in [-0.2, 0) is 30.6 Å². The molecule has 1 unspecified atom stereocenters. The summed E-state index contributed by atoms with van der Waals surface area (Å²) in [6, 6.07) is 13.2. The number of anilines is 1. The van der Waals surface area contributed by atoms with Crippen molar-refractivity contribution >= 4 is 43.4 Å². The molecular formula is C21H27N3O5S3. The summed E-state index contributed by atoms with van der Waals surface area (Å²) in [5, 5.41) is 2.70. The highest BCUT2D eigenvalue weighted by Crippen LogP contribution is 2.15. The van der Waals surface area contributed by atoms with E-state index in [1.807, 2.05) is 6.26 Å². The topological polar surface area (TPSA) is 121 Å². The summed E-state index contributed by atoms with van der Waals surface area (Å²) in [6.07, 6.45) is 3.64. The Kier molecular flexibility index (Phi) is 9.91. The number of carbonyl (C=O) groups is 1. The number of benzene rings is 2. The van der Waals surface area contributed by atoms with Gasteiger partial charge in [0, 0.05) is 12.2 Å². The van der Waals surface area contributed by atoms with Crippen LogP contribution in [0.3, 0.4) is 0 Å². The van der Waals surface area contributed by atoms with Gasteiger partial charge in [-0.05, 0) is 48.3 Å². The number of carbonyl (C=O) groups excluding carboxylic acids is 1. The zero-order valence-electron chi connectivity index (χ0n) is 17.7. The lowest BCUT2D eigenvalue weighted by Crippen LogP contribution is -2.44. The fourth-order valence-corrected chi connectivity index (χ4v) is 5.53. The summed E-state index contributed by atoms with van der Waals surface area (Å²) in [5.74, 6) is -0.113. The number of nitrogens with one attached hydrogen (secondary N) is 3. The van der Waals surface area contributed by atoms with Crippen LogP contribution in [0.4, 0.5) is 5.69 Å². The largest absolute Gasteiger partial charge is 0.325 e. The molecule has 32 heavy (non-hydrogen) atoms. The third kappa shape index (κ3) is 8.40. The molecule has 0 saturated heterocycles. The maximum atomic E-state index is 12.8. The molecule has 0 radical (unpaired) electrons. The highest BCUT2D eigenvalue weighted by Gasteiger charge is 2.25. The zero-order valence-corrected chi connectivity index (χ0v) is 20.1. The maximum Gasteiger partial charge on any atom is 0.242 e. The fourth-order valence-electron chi connectivity index (χ4n) is 2.70. The Balaban J connectivity index is 2.08. The van der Waals surface area contributed by atoms with Crippen molar-refractivity contribution in [3.8, 4) is 0 Å². The van der Waals surface area contributed by atoms with E-state index < -0.39 is 32.0 Å². The van der Waals surface area contributed by atoms with Gasteiger partial charge in [-0.2, -0.15) is 16.5 Å². The minimum absolute atomic E-state index is 0.0811. The molecule has 0 aliphatic heterocycles. The fraction of sp³-hybridized carbons (Fsp3) is 0.286. The van der Waals surface area contributed by atoms with Gasteiger partial charge in [-0.15, -0.1) is 6.58 Å². The van der Waals surface area contributed by atoms with Gasteiger partial charge in [-0.3, -0.25) is 4.79 Å². The van der Waals surface area contributed by atoms with Crippen molar-refractivity contribution in [1.82, 2.24) is 9.44 Å². The summed E-state index contributed by atoms with van der Waals surface area (Å²) in [6.45, 7) is 3.62. The number of thioether (sulfide) groups is 1. The van der Waals surface area contributed by atoms with Crippen LogP contribution >= 0.6 is 11.8 Å². The lowest BCUT2D eigenvalue weighted by Gasteiger charge is -2.18. The van der Waals surface area contributed by atoms with E-state index in [2.05, 4.69) is 21.3 Å². The normalized spacial score (nSPS) is 12.8. The molecule has 0 fully saturated rings. The van der Waals surface area contributed by atoms with Gasteiger partial charge < -0.3 is 5.32 Å². The molecular weight excluding hydrogens is 470 g/mol. The van der Waals surface area contributed by atoms with Crippen LogP contribution in [0.2, 0.25) is 0 Å². The highest BCUT2D eigenvalue weighted by molar-refractivity contribution is 7.98. The van der Waals surface area contributed by atoms with E-state index in [1.54, 1.807) is 42.5 Å². The molecule has 0 aromatic heterocycles. The summed E-state index contributed by atoms with van der Waals surface area (Å²) < 4.78 is 54.1. The number of hydrogen-bond donors (Lipinski definition) is 3. The predicted molar refractivity (Wildman–Crippen MR) is 129 cm³/mol. The smallest absolute Gasteiger partial charge is 0.242 e. The molecule has 0 bridgehead atoms.